The number of carbonyl (C=O) groups is 1. The van der Waals surface area contributed by atoms with Crippen LogP contribution in [0.15, 0.2) is 36.4 Å². The van der Waals surface area contributed by atoms with E-state index in [0.717, 1.165) is 42.9 Å². The zero-order chi connectivity index (χ0) is 20.4. The third-order valence-electron chi connectivity index (χ3n) is 5.43. The van der Waals surface area contributed by atoms with E-state index in [1.54, 1.807) is 6.07 Å². The van der Waals surface area contributed by atoms with Crippen LogP contribution in [0.3, 0.4) is 0 Å². The number of nitrogens with one attached hydrogen (secondary N) is 2. The molecule has 2 N–H and O–H groups in total. The van der Waals surface area contributed by atoms with Gasteiger partial charge in [-0.15, -0.1) is 0 Å². The lowest BCUT2D eigenvalue weighted by atomic mass is 9.96. The number of likely N-dealkylation sites (tertiary alicyclic amines) is 1. The quantitative estimate of drug-likeness (QED) is 0.742. The van der Waals surface area contributed by atoms with Gasteiger partial charge in [0.25, 0.3) is 0 Å². The molecule has 152 valence electrons. The lowest BCUT2D eigenvalue weighted by molar-refractivity contribution is -0.120. The Balaban J connectivity index is 1.30. The Bertz CT molecular complexity index is 939. The lowest BCUT2D eigenvalue weighted by Gasteiger charge is -2.33. The van der Waals surface area contributed by atoms with Gasteiger partial charge in [0.05, 0.1) is 0 Å². The summed E-state index contributed by atoms with van der Waals surface area (Å²) in [7, 11) is 0. The van der Waals surface area contributed by atoms with Crippen molar-refractivity contribution in [2.75, 3.05) is 30.5 Å². The second-order valence-corrected chi connectivity index (χ2v) is 7.95. The van der Waals surface area contributed by atoms with Gasteiger partial charge in [0, 0.05) is 36.4 Å². The van der Waals surface area contributed by atoms with Crippen molar-refractivity contribution in [1.82, 2.24) is 4.90 Å². The minimum atomic E-state index is -0.0276. The molecule has 2 aliphatic heterocycles. The third kappa shape index (κ3) is 4.45. The predicted molar refractivity (Wildman–Crippen MR) is 118 cm³/mol. The van der Waals surface area contributed by atoms with Crippen LogP contribution in [0.5, 0.6) is 11.5 Å². The monoisotopic (exact) mass is 411 g/mol. The van der Waals surface area contributed by atoms with Crippen LogP contribution in [0.2, 0.25) is 0 Å². The Kier molecular flexibility index (Phi) is 5.58. The molecule has 0 unspecified atom stereocenters. The van der Waals surface area contributed by atoms with E-state index in [1.165, 1.54) is 5.56 Å². The molecule has 7 heteroatoms. The Labute approximate surface area is 176 Å². The zero-order valence-electron chi connectivity index (χ0n) is 16.7. The van der Waals surface area contributed by atoms with Crippen LogP contribution in [-0.2, 0) is 4.79 Å². The molecule has 2 aromatic carbocycles. The molecule has 6 nitrogen and oxygen atoms in total. The first-order chi connectivity index (χ1) is 14.0. The number of fused-ring (bicyclic) bond motifs is 1. The molecule has 0 spiro atoms. The highest BCUT2D eigenvalue weighted by atomic mass is 32.1. The van der Waals surface area contributed by atoms with Gasteiger partial charge < -0.3 is 25.0 Å². The molecule has 29 heavy (non-hydrogen) atoms. The summed E-state index contributed by atoms with van der Waals surface area (Å²) in [5.41, 5.74) is 4.13. The fourth-order valence-electron chi connectivity index (χ4n) is 3.63. The molecule has 0 aromatic heterocycles. The molecule has 1 fully saturated rings. The summed E-state index contributed by atoms with van der Waals surface area (Å²) in [5, 5.41) is 7.07. The molecule has 0 saturated carbocycles. The van der Waals surface area contributed by atoms with Crippen molar-refractivity contribution in [2.24, 2.45) is 5.92 Å². The molecule has 1 saturated heterocycles. The highest BCUT2D eigenvalue weighted by Gasteiger charge is 2.26. The predicted octanol–water partition coefficient (Wildman–Crippen LogP) is 4.08. The number of nitrogens with zero attached hydrogens (tertiary/aromatic N) is 1. The van der Waals surface area contributed by atoms with Crippen LogP contribution in [-0.4, -0.2) is 35.8 Å². The number of rotatable bonds is 3. The molecule has 0 atom stereocenters. The molecule has 2 heterocycles. The van der Waals surface area contributed by atoms with Gasteiger partial charge in [0.2, 0.25) is 12.7 Å². The van der Waals surface area contributed by atoms with Crippen molar-refractivity contribution in [3.8, 4) is 11.5 Å². The molecule has 1 amide bonds. The molecular formula is C22H25N3O3S. The summed E-state index contributed by atoms with van der Waals surface area (Å²) in [6, 6.07) is 11.7. The number of hydrogen-bond acceptors (Lipinski definition) is 4. The Morgan fingerprint density at radius 1 is 1.03 bits per heavy atom. The number of hydrogen-bond donors (Lipinski definition) is 2. The van der Waals surface area contributed by atoms with Gasteiger partial charge >= 0.3 is 0 Å². The van der Waals surface area contributed by atoms with Gasteiger partial charge in [-0.1, -0.05) is 12.1 Å². The number of piperidine rings is 1. The molecule has 0 radical (unpaired) electrons. The first-order valence-corrected chi connectivity index (χ1v) is 10.2. The molecule has 0 bridgehead atoms. The minimum absolute atomic E-state index is 0.0276. The van der Waals surface area contributed by atoms with Crippen molar-refractivity contribution in [1.29, 1.82) is 0 Å². The largest absolute Gasteiger partial charge is 0.454 e. The number of ether oxygens (including phenoxy) is 2. The van der Waals surface area contributed by atoms with E-state index in [2.05, 4.69) is 47.6 Å². The number of amides is 1. The average Bonchev–Trinajstić information content (AvgIpc) is 3.18. The van der Waals surface area contributed by atoms with Crippen LogP contribution in [0.4, 0.5) is 11.4 Å². The topological polar surface area (TPSA) is 62.8 Å². The number of thiocarbonyl (C=S) groups is 1. The zero-order valence-corrected chi connectivity index (χ0v) is 17.5. The SMILES string of the molecule is Cc1ccc(C)c(NC(=S)N2CCC(C(=O)Nc3ccc4c(c3)OCO4)CC2)c1. The van der Waals surface area contributed by atoms with E-state index in [9.17, 15) is 4.79 Å². The maximum atomic E-state index is 12.7. The van der Waals surface area contributed by atoms with Gasteiger partial charge in [-0.3, -0.25) is 4.79 Å². The van der Waals surface area contributed by atoms with Crippen molar-refractivity contribution < 1.29 is 14.3 Å². The van der Waals surface area contributed by atoms with Crippen LogP contribution < -0.4 is 20.1 Å². The van der Waals surface area contributed by atoms with Crippen LogP contribution >= 0.6 is 12.2 Å². The highest BCUT2D eigenvalue weighted by molar-refractivity contribution is 7.80. The smallest absolute Gasteiger partial charge is 0.231 e. The highest BCUT2D eigenvalue weighted by Crippen LogP contribution is 2.34. The fraction of sp³-hybridized carbons (Fsp3) is 0.364. The Hall–Kier alpha value is -2.80. The summed E-state index contributed by atoms with van der Waals surface area (Å²) in [6.07, 6.45) is 1.54. The summed E-state index contributed by atoms with van der Waals surface area (Å²) in [5.74, 6) is 1.39. The van der Waals surface area contributed by atoms with Crippen molar-refractivity contribution >= 4 is 34.6 Å². The third-order valence-corrected chi connectivity index (χ3v) is 5.79. The number of aryl methyl sites for hydroxylation is 2. The van der Waals surface area contributed by atoms with Crippen LogP contribution in [0.25, 0.3) is 0 Å². The standard InChI is InChI=1S/C22H25N3O3S/c1-14-3-4-15(2)18(11-14)24-22(29)25-9-7-16(8-10-25)21(26)23-17-5-6-19-20(12-17)28-13-27-19/h3-6,11-12,16H,7-10,13H2,1-2H3,(H,23,26)(H,24,29). The summed E-state index contributed by atoms with van der Waals surface area (Å²) in [4.78, 5) is 14.8. The van der Waals surface area contributed by atoms with Crippen molar-refractivity contribution in [2.45, 2.75) is 26.7 Å². The van der Waals surface area contributed by atoms with E-state index in [-0.39, 0.29) is 18.6 Å². The van der Waals surface area contributed by atoms with Gasteiger partial charge in [0.15, 0.2) is 16.6 Å². The normalized spacial score (nSPS) is 15.9. The van der Waals surface area contributed by atoms with Crippen molar-refractivity contribution in [3.05, 3.63) is 47.5 Å². The number of benzene rings is 2. The van der Waals surface area contributed by atoms with E-state index >= 15 is 0 Å². The summed E-state index contributed by atoms with van der Waals surface area (Å²) < 4.78 is 10.7. The van der Waals surface area contributed by atoms with Crippen molar-refractivity contribution in [3.63, 3.8) is 0 Å². The van der Waals surface area contributed by atoms with Gasteiger partial charge in [-0.05, 0) is 68.2 Å². The molecule has 2 aliphatic rings. The van der Waals surface area contributed by atoms with Gasteiger partial charge in [0.1, 0.15) is 0 Å². The second-order valence-electron chi connectivity index (χ2n) is 7.57. The second kappa shape index (κ2) is 8.29. The first-order valence-electron chi connectivity index (χ1n) is 9.83. The number of carbonyl (C=O) groups excluding carboxylic acids is 1. The maximum absolute atomic E-state index is 12.7. The molecule has 2 aromatic rings. The molecule has 0 aliphatic carbocycles. The lowest BCUT2D eigenvalue weighted by Crippen LogP contribution is -2.43. The maximum Gasteiger partial charge on any atom is 0.231 e. The summed E-state index contributed by atoms with van der Waals surface area (Å²) >= 11 is 5.60. The molecule has 4 rings (SSSR count). The van der Waals surface area contributed by atoms with E-state index in [1.807, 2.05) is 12.1 Å². The minimum Gasteiger partial charge on any atom is -0.454 e. The van der Waals surface area contributed by atoms with E-state index in [4.69, 9.17) is 21.7 Å². The van der Waals surface area contributed by atoms with E-state index < -0.39 is 0 Å². The summed E-state index contributed by atoms with van der Waals surface area (Å²) in [6.45, 7) is 5.88. The van der Waals surface area contributed by atoms with Crippen LogP contribution in [0, 0.1) is 19.8 Å². The van der Waals surface area contributed by atoms with E-state index in [0.29, 0.717) is 16.6 Å². The van der Waals surface area contributed by atoms with Gasteiger partial charge in [-0.2, -0.15) is 0 Å². The Morgan fingerprint density at radius 3 is 2.59 bits per heavy atom. The number of anilines is 2. The van der Waals surface area contributed by atoms with Crippen LogP contribution in [0.1, 0.15) is 24.0 Å². The fourth-order valence-corrected chi connectivity index (χ4v) is 3.92. The molecular weight excluding hydrogens is 386 g/mol. The first kappa shape index (κ1) is 19.5. The Morgan fingerprint density at radius 2 is 1.79 bits per heavy atom. The average molecular weight is 412 g/mol. The van der Waals surface area contributed by atoms with Gasteiger partial charge in [-0.25, -0.2) is 0 Å².